The first kappa shape index (κ1) is 25.3. The number of aliphatic carboxylic acids is 1. The monoisotopic (exact) mass is 474 g/mol. The van der Waals surface area contributed by atoms with Crippen molar-refractivity contribution in [3.8, 4) is 11.5 Å². The third-order valence-corrected chi connectivity index (χ3v) is 5.66. The van der Waals surface area contributed by atoms with Gasteiger partial charge in [0.2, 0.25) is 0 Å². The highest BCUT2D eigenvalue weighted by molar-refractivity contribution is 5.95. The molecule has 0 radical (unpaired) electrons. The molecule has 0 bridgehead atoms. The summed E-state index contributed by atoms with van der Waals surface area (Å²) in [7, 11) is 0. The summed E-state index contributed by atoms with van der Waals surface area (Å²) in [4.78, 5) is 14.2. The summed E-state index contributed by atoms with van der Waals surface area (Å²) in [5.41, 5.74) is 6.27. The second-order valence-electron chi connectivity index (χ2n) is 8.05. The number of anilines is 1. The first-order valence-electron chi connectivity index (χ1n) is 11.2. The minimum absolute atomic E-state index is 0.0541. The molecule has 6 N–H and O–H groups in total. The zero-order valence-corrected chi connectivity index (χ0v) is 19.1. The van der Waals surface area contributed by atoms with Gasteiger partial charge in [-0.2, -0.15) is 0 Å². The fraction of sp³-hybridized carbons (Fsp3) is 0.417. The van der Waals surface area contributed by atoms with Gasteiger partial charge in [0.15, 0.2) is 17.6 Å². The number of hydrogen-bond acceptors (Lipinski definition) is 7. The standard InChI is InChI=1S/C24H31FN4O5/c1-2-33-18-13-19(22(24(31)32)28-16-5-3-15(4-6-16)23(26)27)21(25)20(14-18)34-17-7-9-29(10-8-17)11-12-30/h3-6,13-14,17,22,28,30H,2,7-12H2,1H3,(H3,26,27)(H,31,32). The molecule has 3 rings (SSSR count). The van der Waals surface area contributed by atoms with Crippen LogP contribution in [0.4, 0.5) is 10.1 Å². The van der Waals surface area contributed by atoms with Gasteiger partial charge in [-0.1, -0.05) is 0 Å². The van der Waals surface area contributed by atoms with E-state index in [1.54, 1.807) is 31.2 Å². The molecule has 1 fully saturated rings. The average molecular weight is 475 g/mol. The van der Waals surface area contributed by atoms with Crippen LogP contribution in [0.3, 0.4) is 0 Å². The van der Waals surface area contributed by atoms with E-state index in [0.29, 0.717) is 43.0 Å². The van der Waals surface area contributed by atoms with Crippen molar-refractivity contribution in [1.29, 1.82) is 5.41 Å². The van der Waals surface area contributed by atoms with Crippen LogP contribution in [0, 0.1) is 11.2 Å². The van der Waals surface area contributed by atoms with Crippen molar-refractivity contribution >= 4 is 17.5 Å². The Morgan fingerprint density at radius 3 is 2.53 bits per heavy atom. The largest absolute Gasteiger partial charge is 0.494 e. The lowest BCUT2D eigenvalue weighted by atomic mass is 10.0. The Hall–Kier alpha value is -3.37. The van der Waals surface area contributed by atoms with Crippen LogP contribution in [0.1, 0.15) is 36.9 Å². The number of benzene rings is 2. The number of piperidine rings is 1. The molecule has 1 heterocycles. The van der Waals surface area contributed by atoms with Gasteiger partial charge in [-0.05, 0) is 50.1 Å². The van der Waals surface area contributed by atoms with E-state index < -0.39 is 17.8 Å². The zero-order chi connectivity index (χ0) is 24.7. The number of ether oxygens (including phenoxy) is 2. The number of aliphatic hydroxyl groups is 1. The summed E-state index contributed by atoms with van der Waals surface area (Å²) in [5.74, 6) is -1.89. The number of nitrogens with two attached hydrogens (primary N) is 1. The number of carboxylic acid groups (broad SMARTS) is 1. The lowest BCUT2D eigenvalue weighted by molar-refractivity contribution is -0.138. The summed E-state index contributed by atoms with van der Waals surface area (Å²) in [6, 6.07) is 7.72. The van der Waals surface area contributed by atoms with Gasteiger partial charge in [0, 0.05) is 42.5 Å². The van der Waals surface area contributed by atoms with Gasteiger partial charge in [-0.3, -0.25) is 5.41 Å². The summed E-state index contributed by atoms with van der Waals surface area (Å²) < 4.78 is 27.1. The fourth-order valence-electron chi connectivity index (χ4n) is 3.90. The topological polar surface area (TPSA) is 141 Å². The van der Waals surface area contributed by atoms with Gasteiger partial charge in [0.25, 0.3) is 0 Å². The fourth-order valence-corrected chi connectivity index (χ4v) is 3.90. The molecular formula is C24H31FN4O5. The molecular weight excluding hydrogens is 443 g/mol. The van der Waals surface area contributed by atoms with Crippen molar-refractivity contribution in [2.24, 2.45) is 5.73 Å². The minimum Gasteiger partial charge on any atom is -0.494 e. The van der Waals surface area contributed by atoms with Crippen LogP contribution in [-0.4, -0.2) is 65.9 Å². The Balaban J connectivity index is 1.86. The van der Waals surface area contributed by atoms with E-state index >= 15 is 4.39 Å². The Labute approximate surface area is 197 Å². The van der Waals surface area contributed by atoms with Crippen molar-refractivity contribution in [2.45, 2.75) is 31.9 Å². The van der Waals surface area contributed by atoms with Crippen LogP contribution in [-0.2, 0) is 4.79 Å². The van der Waals surface area contributed by atoms with Crippen LogP contribution in [0.25, 0.3) is 0 Å². The maximum atomic E-state index is 15.6. The van der Waals surface area contributed by atoms with E-state index in [0.717, 1.165) is 13.1 Å². The Morgan fingerprint density at radius 1 is 1.29 bits per heavy atom. The molecule has 0 spiro atoms. The van der Waals surface area contributed by atoms with E-state index in [1.807, 2.05) is 0 Å². The number of carbonyl (C=O) groups is 1. The van der Waals surface area contributed by atoms with Gasteiger partial charge in [0.1, 0.15) is 17.7 Å². The number of halogens is 1. The lowest BCUT2D eigenvalue weighted by Crippen LogP contribution is -2.39. The Kier molecular flexibility index (Phi) is 8.67. The number of likely N-dealkylation sites (tertiary alicyclic amines) is 1. The van der Waals surface area contributed by atoms with Gasteiger partial charge < -0.3 is 35.6 Å². The molecule has 0 aliphatic carbocycles. The van der Waals surface area contributed by atoms with E-state index in [2.05, 4.69) is 10.2 Å². The molecule has 1 saturated heterocycles. The summed E-state index contributed by atoms with van der Waals surface area (Å²) >= 11 is 0. The van der Waals surface area contributed by atoms with Crippen molar-refractivity contribution in [3.05, 3.63) is 53.3 Å². The molecule has 10 heteroatoms. The van der Waals surface area contributed by atoms with Crippen LogP contribution < -0.4 is 20.5 Å². The highest BCUT2D eigenvalue weighted by atomic mass is 19.1. The minimum atomic E-state index is -1.41. The molecule has 1 unspecified atom stereocenters. The highest BCUT2D eigenvalue weighted by Gasteiger charge is 2.28. The van der Waals surface area contributed by atoms with E-state index in [-0.39, 0.29) is 29.9 Å². The normalized spacial score (nSPS) is 15.5. The van der Waals surface area contributed by atoms with Gasteiger partial charge >= 0.3 is 5.97 Å². The van der Waals surface area contributed by atoms with Crippen LogP contribution in [0.2, 0.25) is 0 Å². The quantitative estimate of drug-likeness (QED) is 0.247. The molecule has 1 atom stereocenters. The molecule has 2 aromatic rings. The SMILES string of the molecule is CCOc1cc(OC2CCN(CCO)CC2)c(F)c(C(Nc2ccc(C(=N)N)cc2)C(=O)O)c1. The molecule has 0 saturated carbocycles. The second kappa shape index (κ2) is 11.7. The van der Waals surface area contributed by atoms with Gasteiger partial charge in [-0.15, -0.1) is 0 Å². The number of amidine groups is 1. The lowest BCUT2D eigenvalue weighted by Gasteiger charge is -2.32. The van der Waals surface area contributed by atoms with Crippen molar-refractivity contribution in [1.82, 2.24) is 4.90 Å². The summed E-state index contributed by atoms with van der Waals surface area (Å²) in [6.45, 7) is 4.22. The van der Waals surface area contributed by atoms with Crippen molar-refractivity contribution < 1.29 is 28.9 Å². The number of nitrogens with one attached hydrogen (secondary N) is 2. The average Bonchev–Trinajstić information content (AvgIpc) is 2.81. The molecule has 2 aromatic carbocycles. The van der Waals surface area contributed by atoms with Crippen molar-refractivity contribution in [3.63, 3.8) is 0 Å². The van der Waals surface area contributed by atoms with E-state index in [1.165, 1.54) is 12.1 Å². The number of aliphatic hydroxyl groups excluding tert-OH is 1. The summed E-state index contributed by atoms with van der Waals surface area (Å²) in [6.07, 6.45) is 1.09. The maximum Gasteiger partial charge on any atom is 0.330 e. The molecule has 9 nitrogen and oxygen atoms in total. The van der Waals surface area contributed by atoms with Crippen molar-refractivity contribution in [2.75, 3.05) is 38.2 Å². The molecule has 34 heavy (non-hydrogen) atoms. The predicted molar refractivity (Wildman–Crippen MR) is 126 cm³/mol. The number of carboxylic acids is 1. The molecule has 1 aliphatic rings. The summed E-state index contributed by atoms with van der Waals surface area (Å²) in [5, 5.41) is 29.3. The van der Waals surface area contributed by atoms with Crippen LogP contribution in [0.5, 0.6) is 11.5 Å². The molecule has 1 aliphatic heterocycles. The molecule has 184 valence electrons. The molecule has 0 aromatic heterocycles. The van der Waals surface area contributed by atoms with E-state index in [4.69, 9.17) is 25.7 Å². The van der Waals surface area contributed by atoms with Gasteiger partial charge in [-0.25, -0.2) is 9.18 Å². The maximum absolute atomic E-state index is 15.6. The number of β-amino-alcohol motifs (C(OH)–C–C–N with tert-alkyl or cyclic N) is 1. The van der Waals surface area contributed by atoms with Crippen LogP contribution >= 0.6 is 0 Å². The predicted octanol–water partition coefficient (Wildman–Crippen LogP) is 2.58. The number of rotatable bonds is 11. The molecule has 0 amide bonds. The number of hydrogen-bond donors (Lipinski definition) is 5. The Bertz CT molecular complexity index is 994. The number of nitrogens with zero attached hydrogens (tertiary/aromatic N) is 1. The third kappa shape index (κ3) is 6.36. The smallest absolute Gasteiger partial charge is 0.330 e. The second-order valence-corrected chi connectivity index (χ2v) is 8.05. The zero-order valence-electron chi connectivity index (χ0n) is 19.1. The van der Waals surface area contributed by atoms with Crippen LogP contribution in [0.15, 0.2) is 36.4 Å². The first-order valence-corrected chi connectivity index (χ1v) is 11.2. The van der Waals surface area contributed by atoms with Gasteiger partial charge in [0.05, 0.1) is 13.2 Å². The highest BCUT2D eigenvalue weighted by Crippen LogP contribution is 2.34. The third-order valence-electron chi connectivity index (χ3n) is 5.66. The number of nitrogen functional groups attached to an aromatic ring is 1. The Morgan fingerprint density at radius 2 is 1.97 bits per heavy atom. The first-order chi connectivity index (χ1) is 16.3. The van der Waals surface area contributed by atoms with E-state index in [9.17, 15) is 9.90 Å².